The van der Waals surface area contributed by atoms with Crippen LogP contribution in [0.2, 0.25) is 0 Å². The van der Waals surface area contributed by atoms with E-state index in [-0.39, 0.29) is 12.1 Å². The summed E-state index contributed by atoms with van der Waals surface area (Å²) in [5, 5.41) is 0. The van der Waals surface area contributed by atoms with Crippen LogP contribution in [0, 0.1) is 0 Å². The summed E-state index contributed by atoms with van der Waals surface area (Å²) in [7, 11) is 2.20. The summed E-state index contributed by atoms with van der Waals surface area (Å²) < 4.78 is 7.97. The number of unbranched alkanes of at least 4 members (excludes halogenated alkanes) is 1. The number of carbonyl (C=O) groups is 1. The van der Waals surface area contributed by atoms with Gasteiger partial charge in [-0.05, 0) is 82.2 Å². The molecule has 0 spiro atoms. The smallest absolute Gasteiger partial charge is 0.410 e. The van der Waals surface area contributed by atoms with Crippen LogP contribution in [0.3, 0.4) is 0 Å². The summed E-state index contributed by atoms with van der Waals surface area (Å²) in [5.41, 5.74) is 4.80. The molecule has 2 aliphatic rings. The minimum atomic E-state index is -0.142. The zero-order valence-electron chi connectivity index (χ0n) is 22.4. The Morgan fingerprint density at radius 3 is 2.92 bits per heavy atom. The molecular weight excluding hydrogens is 462 g/mol. The molecule has 1 aliphatic heterocycles. The first kappa shape index (κ1) is 25.7. The number of para-hydroxylation sites is 2. The van der Waals surface area contributed by atoms with Crippen LogP contribution in [0.15, 0.2) is 42.6 Å². The van der Waals surface area contributed by atoms with Crippen molar-refractivity contribution in [3.63, 3.8) is 0 Å². The molecule has 3 aromatic rings. The first-order valence-electron chi connectivity index (χ1n) is 14.2. The lowest BCUT2D eigenvalue weighted by molar-refractivity contribution is 0.0689. The molecule has 1 aliphatic carbocycles. The van der Waals surface area contributed by atoms with E-state index < -0.39 is 0 Å². The van der Waals surface area contributed by atoms with Crippen molar-refractivity contribution in [1.29, 1.82) is 0 Å². The van der Waals surface area contributed by atoms with Crippen molar-refractivity contribution < 1.29 is 9.53 Å². The highest BCUT2D eigenvalue weighted by atomic mass is 16.6. The van der Waals surface area contributed by atoms with Crippen LogP contribution >= 0.6 is 0 Å². The molecule has 0 N–H and O–H groups in total. The van der Waals surface area contributed by atoms with E-state index in [1.54, 1.807) is 0 Å². The summed E-state index contributed by atoms with van der Waals surface area (Å²) in [6, 6.07) is 13.2. The lowest BCUT2D eigenvalue weighted by Gasteiger charge is -2.35. The Hall–Kier alpha value is -2.93. The zero-order chi connectivity index (χ0) is 25.6. The number of hydrogen-bond acceptors (Lipinski definition) is 5. The molecule has 37 heavy (non-hydrogen) atoms. The van der Waals surface area contributed by atoms with Gasteiger partial charge in [0.2, 0.25) is 0 Å². The van der Waals surface area contributed by atoms with Gasteiger partial charge in [-0.3, -0.25) is 9.88 Å². The van der Waals surface area contributed by atoms with Crippen molar-refractivity contribution in [2.45, 2.75) is 89.9 Å². The third kappa shape index (κ3) is 5.82. The van der Waals surface area contributed by atoms with Gasteiger partial charge < -0.3 is 14.2 Å². The Labute approximate surface area is 220 Å². The minimum Gasteiger partial charge on any atom is -0.449 e. The third-order valence-corrected chi connectivity index (χ3v) is 8.09. The number of imidazole rings is 1. The Morgan fingerprint density at radius 1 is 1.14 bits per heavy atom. The predicted octanol–water partition coefficient (Wildman–Crippen LogP) is 6.12. The maximum absolute atomic E-state index is 12.8. The van der Waals surface area contributed by atoms with Crippen molar-refractivity contribution in [3.05, 3.63) is 59.7 Å². The number of amides is 1. The standard InChI is InChI=1S/C30H41N5O2/c1-3-4-21-37-30(36)34-19-8-7-13-24(34)17-20-35-26-15-6-5-14-25(26)32-28(35)22-33(2)27-16-9-11-23-12-10-18-31-29(23)27/h5-6,10,12,14-15,18,24,27H,3-4,7-9,11,13,16-17,19-22H2,1-2H3. The average molecular weight is 504 g/mol. The molecular formula is C30H41N5O2. The molecule has 7 heteroatoms. The van der Waals surface area contributed by atoms with Gasteiger partial charge in [0.15, 0.2) is 0 Å². The first-order chi connectivity index (χ1) is 18.2. The summed E-state index contributed by atoms with van der Waals surface area (Å²) in [4.78, 5) is 27.0. The highest BCUT2D eigenvalue weighted by molar-refractivity contribution is 5.76. The molecule has 5 rings (SSSR count). The Morgan fingerprint density at radius 2 is 2.03 bits per heavy atom. The fourth-order valence-corrected chi connectivity index (χ4v) is 6.05. The number of aryl methyl sites for hydroxylation is 2. The lowest BCUT2D eigenvalue weighted by atomic mass is 9.91. The molecule has 198 valence electrons. The monoisotopic (exact) mass is 503 g/mol. The molecule has 1 aromatic carbocycles. The van der Waals surface area contributed by atoms with Crippen LogP contribution in [0.4, 0.5) is 4.79 Å². The number of nitrogens with zero attached hydrogens (tertiary/aromatic N) is 5. The van der Waals surface area contributed by atoms with Gasteiger partial charge in [-0.15, -0.1) is 0 Å². The number of piperidine rings is 1. The van der Waals surface area contributed by atoms with Gasteiger partial charge in [-0.2, -0.15) is 0 Å². The topological polar surface area (TPSA) is 63.5 Å². The average Bonchev–Trinajstić information content (AvgIpc) is 3.28. The second-order valence-corrected chi connectivity index (χ2v) is 10.6. The van der Waals surface area contributed by atoms with E-state index in [9.17, 15) is 4.79 Å². The number of likely N-dealkylation sites (tertiary alicyclic amines) is 1. The van der Waals surface area contributed by atoms with Crippen molar-refractivity contribution in [2.24, 2.45) is 0 Å². The molecule has 2 atom stereocenters. The van der Waals surface area contributed by atoms with Gasteiger partial charge in [0, 0.05) is 25.3 Å². The van der Waals surface area contributed by atoms with E-state index >= 15 is 0 Å². The van der Waals surface area contributed by atoms with E-state index in [0.29, 0.717) is 12.6 Å². The first-order valence-corrected chi connectivity index (χ1v) is 14.2. The molecule has 0 saturated carbocycles. The van der Waals surface area contributed by atoms with Gasteiger partial charge in [-0.25, -0.2) is 9.78 Å². The van der Waals surface area contributed by atoms with Crippen LogP contribution in [-0.4, -0.2) is 56.7 Å². The Balaban J connectivity index is 1.33. The normalized spacial score (nSPS) is 19.8. The van der Waals surface area contributed by atoms with E-state index in [1.807, 2.05) is 11.1 Å². The van der Waals surface area contributed by atoms with Crippen molar-refractivity contribution in [1.82, 2.24) is 24.3 Å². The number of pyridine rings is 1. The van der Waals surface area contributed by atoms with Crippen LogP contribution < -0.4 is 0 Å². The van der Waals surface area contributed by atoms with Crippen molar-refractivity contribution in [3.8, 4) is 0 Å². The van der Waals surface area contributed by atoms with Crippen LogP contribution in [0.5, 0.6) is 0 Å². The van der Waals surface area contributed by atoms with E-state index in [2.05, 4.69) is 59.8 Å². The van der Waals surface area contributed by atoms with E-state index in [1.165, 1.54) is 23.2 Å². The van der Waals surface area contributed by atoms with Crippen molar-refractivity contribution in [2.75, 3.05) is 20.2 Å². The third-order valence-electron chi connectivity index (χ3n) is 8.09. The number of benzene rings is 1. The van der Waals surface area contributed by atoms with Gasteiger partial charge >= 0.3 is 6.09 Å². The molecule has 1 saturated heterocycles. The van der Waals surface area contributed by atoms with Gasteiger partial charge in [0.25, 0.3) is 0 Å². The molecule has 2 unspecified atom stereocenters. The molecule has 0 bridgehead atoms. The fraction of sp³-hybridized carbons (Fsp3) is 0.567. The van der Waals surface area contributed by atoms with Crippen LogP contribution in [0.1, 0.15) is 81.4 Å². The number of aromatic nitrogens is 3. The highest BCUT2D eigenvalue weighted by Crippen LogP contribution is 2.33. The second kappa shape index (κ2) is 12.1. The molecule has 0 radical (unpaired) electrons. The molecule has 1 amide bonds. The summed E-state index contributed by atoms with van der Waals surface area (Å²) in [5.74, 6) is 1.08. The summed E-state index contributed by atoms with van der Waals surface area (Å²) in [6.07, 6.45) is 11.3. The number of fused-ring (bicyclic) bond motifs is 2. The van der Waals surface area contributed by atoms with E-state index in [4.69, 9.17) is 14.7 Å². The number of carbonyl (C=O) groups excluding carboxylic acids is 1. The Kier molecular flexibility index (Phi) is 8.39. The highest BCUT2D eigenvalue weighted by Gasteiger charge is 2.29. The lowest BCUT2D eigenvalue weighted by Crippen LogP contribution is -2.44. The van der Waals surface area contributed by atoms with Crippen LogP contribution in [-0.2, 0) is 24.2 Å². The molecule has 2 aromatic heterocycles. The number of hydrogen-bond donors (Lipinski definition) is 0. The second-order valence-electron chi connectivity index (χ2n) is 10.6. The molecule has 1 fully saturated rings. The van der Waals surface area contributed by atoms with Gasteiger partial charge in [0.1, 0.15) is 5.82 Å². The van der Waals surface area contributed by atoms with Crippen LogP contribution in [0.25, 0.3) is 11.0 Å². The Bertz CT molecular complexity index is 1190. The molecule has 7 nitrogen and oxygen atoms in total. The van der Waals surface area contributed by atoms with E-state index in [0.717, 1.165) is 82.3 Å². The SMILES string of the molecule is CCCCOC(=O)N1CCCCC1CCn1c(CN(C)C2CCCc3cccnc32)nc2ccccc21. The molecule has 3 heterocycles. The predicted molar refractivity (Wildman–Crippen MR) is 146 cm³/mol. The fourth-order valence-electron chi connectivity index (χ4n) is 6.05. The maximum atomic E-state index is 12.8. The minimum absolute atomic E-state index is 0.142. The summed E-state index contributed by atoms with van der Waals surface area (Å²) >= 11 is 0. The quantitative estimate of drug-likeness (QED) is 0.329. The maximum Gasteiger partial charge on any atom is 0.410 e. The summed E-state index contributed by atoms with van der Waals surface area (Å²) in [6.45, 7) is 5.03. The van der Waals surface area contributed by atoms with Gasteiger partial charge in [0.05, 0.1) is 35.9 Å². The number of ether oxygens (including phenoxy) is 1. The number of rotatable bonds is 9. The zero-order valence-corrected chi connectivity index (χ0v) is 22.4. The van der Waals surface area contributed by atoms with Gasteiger partial charge in [-0.1, -0.05) is 31.5 Å². The van der Waals surface area contributed by atoms with Crippen molar-refractivity contribution >= 4 is 17.1 Å². The largest absolute Gasteiger partial charge is 0.449 e.